The molecule has 0 unspecified atom stereocenters. The number of benzene rings is 2. The number of ether oxygens (including phenoxy) is 2. The molecule has 7 nitrogen and oxygen atoms in total. The Hall–Kier alpha value is -3.49. The van der Waals surface area contributed by atoms with Gasteiger partial charge in [-0.2, -0.15) is 13.9 Å². The summed E-state index contributed by atoms with van der Waals surface area (Å²) in [5.74, 6) is -0.168. The predicted octanol–water partition coefficient (Wildman–Crippen LogP) is 2.67. The van der Waals surface area contributed by atoms with E-state index in [0.717, 1.165) is 0 Å². The van der Waals surface area contributed by atoms with Gasteiger partial charge in [-0.05, 0) is 29.8 Å². The Morgan fingerprint density at radius 2 is 1.97 bits per heavy atom. The van der Waals surface area contributed by atoms with E-state index in [4.69, 9.17) is 4.74 Å². The van der Waals surface area contributed by atoms with Crippen LogP contribution >= 0.6 is 0 Å². The summed E-state index contributed by atoms with van der Waals surface area (Å²) in [6, 6.07) is 11.4. The summed E-state index contributed by atoms with van der Waals surface area (Å²) < 4.78 is 35.8. The number of fused-ring (bicyclic) bond motifs is 1. The third-order valence-corrected chi connectivity index (χ3v) is 4.34. The highest BCUT2D eigenvalue weighted by atomic mass is 19.3. The first-order valence-electron chi connectivity index (χ1n) is 8.69. The van der Waals surface area contributed by atoms with Crippen LogP contribution in [0.2, 0.25) is 0 Å². The summed E-state index contributed by atoms with van der Waals surface area (Å²) in [4.78, 5) is 26.0. The third kappa shape index (κ3) is 4.68. The first-order valence-corrected chi connectivity index (χ1v) is 8.69. The molecule has 0 saturated carbocycles. The number of nitrogens with zero attached hydrogens (tertiary/aromatic N) is 3. The number of hydrogen-bond donors (Lipinski definition) is 0. The van der Waals surface area contributed by atoms with Gasteiger partial charge in [0.1, 0.15) is 6.54 Å². The van der Waals surface area contributed by atoms with Crippen molar-refractivity contribution in [1.82, 2.24) is 14.7 Å². The van der Waals surface area contributed by atoms with Crippen LogP contribution in [0.4, 0.5) is 8.78 Å². The Morgan fingerprint density at radius 3 is 2.69 bits per heavy atom. The number of halogens is 2. The summed E-state index contributed by atoms with van der Waals surface area (Å²) >= 11 is 0. The summed E-state index contributed by atoms with van der Waals surface area (Å²) in [5, 5.41) is 4.54. The van der Waals surface area contributed by atoms with E-state index in [2.05, 4.69) is 9.84 Å². The predicted molar refractivity (Wildman–Crippen MR) is 102 cm³/mol. The summed E-state index contributed by atoms with van der Waals surface area (Å²) in [6.45, 7) is -2.79. The molecule has 1 aromatic heterocycles. The lowest BCUT2D eigenvalue weighted by Crippen LogP contribution is -2.31. The maximum atomic E-state index is 12.6. The lowest BCUT2D eigenvalue weighted by Gasteiger charge is -2.19. The third-order valence-electron chi connectivity index (χ3n) is 4.34. The van der Waals surface area contributed by atoms with Crippen LogP contribution in [0, 0.1) is 0 Å². The molecule has 0 fully saturated rings. The van der Waals surface area contributed by atoms with Gasteiger partial charge in [-0.1, -0.05) is 18.2 Å². The molecule has 2 aromatic carbocycles. The number of likely N-dealkylation sites (N-methyl/N-ethyl adjacent to an activating group) is 1. The molecule has 0 aliphatic heterocycles. The van der Waals surface area contributed by atoms with E-state index in [1.807, 2.05) is 0 Å². The average Bonchev–Trinajstić information content (AvgIpc) is 2.71. The number of methoxy groups -OCH3 is 1. The Labute approximate surface area is 165 Å². The molecule has 0 aliphatic carbocycles. The summed E-state index contributed by atoms with van der Waals surface area (Å²) in [6.07, 6.45) is 1.18. The van der Waals surface area contributed by atoms with Crippen molar-refractivity contribution < 1.29 is 23.0 Å². The van der Waals surface area contributed by atoms with Gasteiger partial charge in [0.15, 0.2) is 11.5 Å². The molecule has 1 heterocycles. The first-order chi connectivity index (χ1) is 13.9. The van der Waals surface area contributed by atoms with Crippen LogP contribution in [0.5, 0.6) is 11.5 Å². The minimum Gasteiger partial charge on any atom is -0.493 e. The fourth-order valence-corrected chi connectivity index (χ4v) is 2.90. The average molecular weight is 403 g/mol. The van der Waals surface area contributed by atoms with Crippen LogP contribution in [0.1, 0.15) is 5.56 Å². The molecule has 3 aromatic rings. The molecule has 0 radical (unpaired) electrons. The highest BCUT2D eigenvalue weighted by Gasteiger charge is 2.15. The van der Waals surface area contributed by atoms with Crippen LogP contribution in [0.15, 0.2) is 53.5 Å². The van der Waals surface area contributed by atoms with Gasteiger partial charge in [0, 0.05) is 19.0 Å². The number of hydrogen-bond acceptors (Lipinski definition) is 5. The normalized spacial score (nSPS) is 10.9. The van der Waals surface area contributed by atoms with Crippen molar-refractivity contribution in [1.29, 1.82) is 0 Å². The van der Waals surface area contributed by atoms with Crippen molar-refractivity contribution in [3.8, 4) is 11.5 Å². The van der Waals surface area contributed by atoms with Gasteiger partial charge < -0.3 is 14.4 Å². The highest BCUT2D eigenvalue weighted by Crippen LogP contribution is 2.29. The van der Waals surface area contributed by atoms with Gasteiger partial charge >= 0.3 is 6.61 Å². The molecule has 0 saturated heterocycles. The second-order valence-corrected chi connectivity index (χ2v) is 6.30. The number of carbonyl (C=O) groups is 1. The number of alkyl halides is 2. The molecule has 0 aliphatic rings. The minimum atomic E-state index is -2.96. The Bertz CT molecular complexity index is 1080. The first kappa shape index (κ1) is 20.2. The summed E-state index contributed by atoms with van der Waals surface area (Å²) in [5.41, 5.74) is 1.03. The number of amides is 1. The second-order valence-electron chi connectivity index (χ2n) is 6.30. The number of carbonyl (C=O) groups excluding carboxylic acids is 1. The molecule has 152 valence electrons. The zero-order valence-electron chi connectivity index (χ0n) is 15.8. The Morgan fingerprint density at radius 1 is 1.21 bits per heavy atom. The van der Waals surface area contributed by atoms with Crippen molar-refractivity contribution in [2.24, 2.45) is 0 Å². The monoisotopic (exact) mass is 403 g/mol. The lowest BCUT2D eigenvalue weighted by atomic mass is 10.2. The van der Waals surface area contributed by atoms with Gasteiger partial charge in [-0.15, -0.1) is 0 Å². The van der Waals surface area contributed by atoms with Crippen LogP contribution in [0.3, 0.4) is 0 Å². The SMILES string of the molecule is COc1cc(CN(C)C(=O)Cn2ncc(=O)c3ccccc32)ccc1OC(F)F. The summed E-state index contributed by atoms with van der Waals surface area (Å²) in [7, 11) is 2.96. The molecule has 0 atom stereocenters. The van der Waals surface area contributed by atoms with Crippen molar-refractivity contribution in [3.05, 3.63) is 64.4 Å². The van der Waals surface area contributed by atoms with Crippen molar-refractivity contribution in [3.63, 3.8) is 0 Å². The molecule has 0 N–H and O–H groups in total. The number of rotatable bonds is 7. The maximum Gasteiger partial charge on any atom is 0.387 e. The molecular weight excluding hydrogens is 384 g/mol. The fourth-order valence-electron chi connectivity index (χ4n) is 2.90. The van der Waals surface area contributed by atoms with Crippen LogP contribution in [-0.4, -0.2) is 41.4 Å². The van der Waals surface area contributed by atoms with E-state index in [1.54, 1.807) is 37.4 Å². The molecule has 29 heavy (non-hydrogen) atoms. The lowest BCUT2D eigenvalue weighted by molar-refractivity contribution is -0.131. The largest absolute Gasteiger partial charge is 0.493 e. The minimum absolute atomic E-state index is 0.0546. The van der Waals surface area contributed by atoms with Gasteiger partial charge in [0.2, 0.25) is 11.3 Å². The standard InChI is InChI=1S/C20H19F2N3O4/c1-24(11-13-7-8-17(29-20(21)22)18(9-13)28-2)19(27)12-25-15-6-4-3-5-14(15)16(26)10-23-25/h3-10,20H,11-12H2,1-2H3. The molecule has 9 heteroatoms. The van der Waals surface area contributed by atoms with Gasteiger partial charge in [0.25, 0.3) is 0 Å². The zero-order chi connectivity index (χ0) is 21.0. The van der Waals surface area contributed by atoms with E-state index in [-0.39, 0.29) is 35.9 Å². The number of para-hydroxylation sites is 1. The van der Waals surface area contributed by atoms with E-state index in [9.17, 15) is 18.4 Å². The molecule has 0 spiro atoms. The molecule has 0 bridgehead atoms. The van der Waals surface area contributed by atoms with Gasteiger partial charge in [0.05, 0.1) is 18.8 Å². The van der Waals surface area contributed by atoms with E-state index in [0.29, 0.717) is 16.5 Å². The molecular formula is C20H19F2N3O4. The maximum absolute atomic E-state index is 12.6. The number of aromatic nitrogens is 2. The van der Waals surface area contributed by atoms with Gasteiger partial charge in [-0.3, -0.25) is 14.3 Å². The van der Waals surface area contributed by atoms with Crippen LogP contribution in [-0.2, 0) is 17.9 Å². The van der Waals surface area contributed by atoms with Gasteiger partial charge in [-0.25, -0.2) is 0 Å². The zero-order valence-corrected chi connectivity index (χ0v) is 15.8. The van der Waals surface area contributed by atoms with Crippen LogP contribution in [0.25, 0.3) is 10.9 Å². The fraction of sp³-hybridized carbons (Fsp3) is 0.250. The van der Waals surface area contributed by atoms with Crippen molar-refractivity contribution in [2.75, 3.05) is 14.2 Å². The van der Waals surface area contributed by atoms with Crippen molar-refractivity contribution >= 4 is 16.8 Å². The topological polar surface area (TPSA) is 73.7 Å². The van der Waals surface area contributed by atoms with E-state index >= 15 is 0 Å². The van der Waals surface area contributed by atoms with E-state index in [1.165, 1.54) is 35.0 Å². The highest BCUT2D eigenvalue weighted by molar-refractivity contribution is 5.81. The Kier molecular flexibility index (Phi) is 6.06. The quantitative estimate of drug-likeness (QED) is 0.607. The second kappa shape index (κ2) is 8.68. The van der Waals surface area contributed by atoms with E-state index < -0.39 is 6.61 Å². The van der Waals surface area contributed by atoms with Crippen LogP contribution < -0.4 is 14.9 Å². The molecule has 1 amide bonds. The van der Waals surface area contributed by atoms with Crippen molar-refractivity contribution in [2.45, 2.75) is 19.7 Å². The Balaban J connectivity index is 1.75. The molecule has 3 rings (SSSR count). The smallest absolute Gasteiger partial charge is 0.387 e.